The van der Waals surface area contributed by atoms with E-state index in [4.69, 9.17) is 17.1 Å². The molecule has 0 atom stereocenters. The van der Waals surface area contributed by atoms with Crippen molar-refractivity contribution in [3.05, 3.63) is 57.1 Å². The molecule has 6 nitrogen and oxygen atoms in total. The monoisotopic (exact) mass is 265 g/mol. The van der Waals surface area contributed by atoms with Gasteiger partial charge in [-0.25, -0.2) is 4.79 Å². The van der Waals surface area contributed by atoms with Gasteiger partial charge in [0, 0.05) is 10.5 Å². The van der Waals surface area contributed by atoms with Crippen LogP contribution in [0.4, 0.5) is 0 Å². The van der Waals surface area contributed by atoms with Gasteiger partial charge >= 0.3 is 5.97 Å². The molecule has 0 bridgehead atoms. The van der Waals surface area contributed by atoms with Gasteiger partial charge in [0.25, 0.3) is 0 Å². The highest BCUT2D eigenvalue weighted by molar-refractivity contribution is 6.46. The topological polar surface area (TPSA) is 92.1 Å². The second-order valence-corrected chi connectivity index (χ2v) is 3.42. The molecule has 0 aromatic heterocycles. The molecule has 0 amide bonds. The normalized spacial score (nSPS) is 11.0. The van der Waals surface area contributed by atoms with Crippen LogP contribution in [0.5, 0.6) is 0 Å². The molecule has 0 fully saturated rings. The summed E-state index contributed by atoms with van der Waals surface area (Å²) in [4.78, 5) is 25.6. The molecule has 0 heterocycles. The van der Waals surface area contributed by atoms with E-state index in [0.29, 0.717) is 0 Å². The first-order chi connectivity index (χ1) is 8.61. The van der Waals surface area contributed by atoms with Gasteiger partial charge in [0.1, 0.15) is 10.7 Å². The third-order valence-electron chi connectivity index (χ3n) is 1.97. The zero-order valence-electron chi connectivity index (χ0n) is 9.33. The van der Waals surface area contributed by atoms with Gasteiger partial charge in [0.05, 0.1) is 7.11 Å². The van der Waals surface area contributed by atoms with Crippen molar-refractivity contribution < 1.29 is 14.3 Å². The molecule has 0 unspecified atom stereocenters. The first kappa shape index (κ1) is 13.8. The maximum absolute atomic E-state index is 11.9. The number of benzene rings is 1. The van der Waals surface area contributed by atoms with Gasteiger partial charge in [-0.05, 0) is 5.53 Å². The Morgan fingerprint density at radius 3 is 2.44 bits per heavy atom. The van der Waals surface area contributed by atoms with Crippen molar-refractivity contribution >= 4 is 23.4 Å². The van der Waals surface area contributed by atoms with E-state index in [-0.39, 0.29) is 5.56 Å². The van der Waals surface area contributed by atoms with E-state index < -0.39 is 22.5 Å². The molecule has 0 radical (unpaired) electrons. The second-order valence-electron chi connectivity index (χ2n) is 3.04. The highest BCUT2D eigenvalue weighted by Crippen LogP contribution is 2.18. The molecule has 18 heavy (non-hydrogen) atoms. The van der Waals surface area contributed by atoms with E-state index >= 15 is 0 Å². The van der Waals surface area contributed by atoms with Crippen LogP contribution in [-0.4, -0.2) is 18.9 Å². The number of carbonyl (C=O) groups is 2. The Bertz CT molecular complexity index is 548. The number of hydrogen-bond donors (Lipinski definition) is 0. The highest BCUT2D eigenvalue weighted by Gasteiger charge is 2.20. The fourth-order valence-electron chi connectivity index (χ4n) is 1.14. The van der Waals surface area contributed by atoms with E-state index in [2.05, 4.69) is 14.8 Å². The molecule has 0 aliphatic heterocycles. The summed E-state index contributed by atoms with van der Waals surface area (Å²) in [6.07, 6.45) is 0. The third kappa shape index (κ3) is 3.10. The molecular weight excluding hydrogens is 258 g/mol. The SMILES string of the molecule is COC(=O)/C(N=[N+]=[N-])=C(/Cl)C(=O)c1ccccc1. The summed E-state index contributed by atoms with van der Waals surface area (Å²) < 4.78 is 4.37. The van der Waals surface area contributed by atoms with Gasteiger partial charge in [-0.1, -0.05) is 47.0 Å². The smallest absolute Gasteiger partial charge is 0.341 e. The molecule has 0 N–H and O–H groups in total. The van der Waals surface area contributed by atoms with E-state index in [9.17, 15) is 9.59 Å². The summed E-state index contributed by atoms with van der Waals surface area (Å²) in [6.45, 7) is 0. The molecule has 0 spiro atoms. The first-order valence-electron chi connectivity index (χ1n) is 4.74. The summed E-state index contributed by atoms with van der Waals surface area (Å²) >= 11 is 5.75. The Balaban J connectivity index is 3.24. The standard InChI is InChI=1S/C11H8ClN3O3/c1-18-11(17)9(14-15-13)8(12)10(16)7-5-3-2-4-6-7/h2-6H,1H3/b9-8-. The number of ketones is 1. The Kier molecular flexibility index (Phi) is 4.92. The summed E-state index contributed by atoms with van der Waals surface area (Å²) in [5, 5.41) is 2.59. The lowest BCUT2D eigenvalue weighted by molar-refractivity contribution is -0.136. The number of rotatable bonds is 4. The molecule has 1 aromatic rings. The van der Waals surface area contributed by atoms with Crippen LogP contribution in [0.15, 0.2) is 46.2 Å². The van der Waals surface area contributed by atoms with Crippen molar-refractivity contribution in [3.8, 4) is 0 Å². The van der Waals surface area contributed by atoms with E-state index in [1.807, 2.05) is 0 Å². The predicted molar refractivity (Wildman–Crippen MR) is 64.8 cm³/mol. The number of esters is 1. The molecule has 0 saturated carbocycles. The number of carbonyl (C=O) groups excluding carboxylic acids is 2. The van der Waals surface area contributed by atoms with Crippen LogP contribution in [0.25, 0.3) is 10.4 Å². The van der Waals surface area contributed by atoms with Crippen molar-refractivity contribution in [1.82, 2.24) is 0 Å². The van der Waals surface area contributed by atoms with Crippen molar-refractivity contribution in [2.24, 2.45) is 5.11 Å². The predicted octanol–water partition coefficient (Wildman–Crippen LogP) is 2.80. The second kappa shape index (κ2) is 6.44. The summed E-state index contributed by atoms with van der Waals surface area (Å²) in [7, 11) is 1.09. The van der Waals surface area contributed by atoms with Crippen molar-refractivity contribution in [1.29, 1.82) is 0 Å². The quantitative estimate of drug-likeness (QED) is 0.209. The largest absolute Gasteiger partial charge is 0.465 e. The number of halogens is 1. The van der Waals surface area contributed by atoms with Crippen LogP contribution in [0, 0.1) is 0 Å². The van der Waals surface area contributed by atoms with E-state index in [1.54, 1.807) is 18.2 Å². The van der Waals surface area contributed by atoms with Crippen molar-refractivity contribution in [3.63, 3.8) is 0 Å². The lowest BCUT2D eigenvalue weighted by atomic mass is 10.1. The lowest BCUT2D eigenvalue weighted by Crippen LogP contribution is -2.09. The van der Waals surface area contributed by atoms with Crippen LogP contribution in [0.1, 0.15) is 10.4 Å². The minimum atomic E-state index is -0.970. The number of methoxy groups -OCH3 is 1. The fraction of sp³-hybridized carbons (Fsp3) is 0.0909. The molecule has 7 heteroatoms. The summed E-state index contributed by atoms with van der Waals surface area (Å²) in [6, 6.07) is 8.06. The number of hydrogen-bond acceptors (Lipinski definition) is 4. The Morgan fingerprint density at radius 2 is 1.94 bits per heavy atom. The number of azide groups is 1. The fourth-order valence-corrected chi connectivity index (χ4v) is 1.36. The Hall–Kier alpha value is -2.30. The molecule has 0 aliphatic rings. The van der Waals surface area contributed by atoms with E-state index in [0.717, 1.165) is 7.11 Å². The van der Waals surface area contributed by atoms with Gasteiger partial charge < -0.3 is 4.74 Å². The van der Waals surface area contributed by atoms with Crippen LogP contribution < -0.4 is 0 Å². The lowest BCUT2D eigenvalue weighted by Gasteiger charge is -2.03. The number of nitrogens with zero attached hydrogens (tertiary/aromatic N) is 3. The van der Waals surface area contributed by atoms with Crippen LogP contribution in [-0.2, 0) is 9.53 Å². The number of Topliss-reactive ketones (excluding diaryl/α,β-unsaturated/α-hetero) is 1. The Morgan fingerprint density at radius 1 is 1.33 bits per heavy atom. The molecule has 0 saturated heterocycles. The molecular formula is C11H8ClN3O3. The maximum atomic E-state index is 11.9. The summed E-state index contributed by atoms with van der Waals surface area (Å²) in [5.41, 5.74) is 8.04. The van der Waals surface area contributed by atoms with Crippen molar-refractivity contribution in [2.45, 2.75) is 0 Å². The maximum Gasteiger partial charge on any atom is 0.341 e. The minimum absolute atomic E-state index is 0.275. The molecule has 1 aromatic carbocycles. The molecule has 1 rings (SSSR count). The molecule has 92 valence electrons. The van der Waals surface area contributed by atoms with Crippen molar-refractivity contribution in [2.75, 3.05) is 7.11 Å². The number of allylic oxidation sites excluding steroid dienone is 1. The zero-order chi connectivity index (χ0) is 13.5. The van der Waals surface area contributed by atoms with Gasteiger partial charge in [0.15, 0.2) is 0 Å². The average molecular weight is 266 g/mol. The minimum Gasteiger partial charge on any atom is -0.465 e. The third-order valence-corrected chi connectivity index (χ3v) is 2.32. The van der Waals surface area contributed by atoms with Crippen LogP contribution >= 0.6 is 11.6 Å². The number of ether oxygens (including phenoxy) is 1. The first-order valence-corrected chi connectivity index (χ1v) is 5.12. The summed E-state index contributed by atoms with van der Waals surface area (Å²) in [5.74, 6) is -1.59. The Labute approximate surface area is 107 Å². The van der Waals surface area contributed by atoms with Crippen LogP contribution in [0.3, 0.4) is 0 Å². The zero-order valence-corrected chi connectivity index (χ0v) is 10.1. The van der Waals surface area contributed by atoms with E-state index in [1.165, 1.54) is 12.1 Å². The molecule has 0 aliphatic carbocycles. The van der Waals surface area contributed by atoms with Gasteiger partial charge in [-0.2, -0.15) is 0 Å². The van der Waals surface area contributed by atoms with Crippen LogP contribution in [0.2, 0.25) is 0 Å². The average Bonchev–Trinajstić information content (AvgIpc) is 2.43. The van der Waals surface area contributed by atoms with Gasteiger partial charge in [0.2, 0.25) is 5.78 Å². The highest BCUT2D eigenvalue weighted by atomic mass is 35.5. The van der Waals surface area contributed by atoms with Gasteiger partial charge in [-0.15, -0.1) is 0 Å². The van der Waals surface area contributed by atoms with Gasteiger partial charge in [-0.3, -0.25) is 4.79 Å².